The van der Waals surface area contributed by atoms with Crippen LogP contribution in [0.15, 0.2) is 0 Å². The summed E-state index contributed by atoms with van der Waals surface area (Å²) < 4.78 is 5.05. The Labute approximate surface area is 119 Å². The first-order chi connectivity index (χ1) is 8.55. The molecule has 3 heteroatoms. The Morgan fingerprint density at radius 1 is 1.21 bits per heavy atom. The zero-order valence-electron chi connectivity index (χ0n) is 13.7. The molecular weight excluding hydrogens is 238 g/mol. The van der Waals surface area contributed by atoms with Crippen molar-refractivity contribution in [3.8, 4) is 0 Å². The van der Waals surface area contributed by atoms with E-state index in [1.165, 1.54) is 19.3 Å². The van der Waals surface area contributed by atoms with Gasteiger partial charge in [0.15, 0.2) is 0 Å². The largest absolute Gasteiger partial charge is 0.389 e. The third-order valence-electron chi connectivity index (χ3n) is 4.17. The Morgan fingerprint density at radius 2 is 1.74 bits per heavy atom. The summed E-state index contributed by atoms with van der Waals surface area (Å²) >= 11 is 0. The highest BCUT2D eigenvalue weighted by molar-refractivity contribution is 4.93. The van der Waals surface area contributed by atoms with Crippen molar-refractivity contribution >= 4 is 0 Å². The fraction of sp³-hybridized carbons (Fsp3) is 1.00. The lowest BCUT2D eigenvalue weighted by atomic mass is 9.63. The van der Waals surface area contributed by atoms with Crippen LogP contribution in [0.3, 0.4) is 0 Å². The van der Waals surface area contributed by atoms with Crippen LogP contribution in [-0.4, -0.2) is 37.0 Å². The van der Waals surface area contributed by atoms with Gasteiger partial charge in [-0.3, -0.25) is 0 Å². The molecule has 114 valence electrons. The van der Waals surface area contributed by atoms with E-state index in [1.807, 2.05) is 6.92 Å². The number of hydrogen-bond acceptors (Lipinski definition) is 3. The average molecular weight is 271 g/mol. The molecule has 1 saturated carbocycles. The monoisotopic (exact) mass is 271 g/mol. The second kappa shape index (κ2) is 6.11. The Bertz CT molecular complexity index is 268. The highest BCUT2D eigenvalue weighted by atomic mass is 16.5. The van der Waals surface area contributed by atoms with E-state index in [0.717, 1.165) is 0 Å². The van der Waals surface area contributed by atoms with Gasteiger partial charge in [-0.25, -0.2) is 0 Å². The van der Waals surface area contributed by atoms with E-state index >= 15 is 0 Å². The SMILES string of the molecule is COCCC(C)(O)CNC1CC(C)(C)CC(C)(C)C1. The highest BCUT2D eigenvalue weighted by Crippen LogP contribution is 2.45. The van der Waals surface area contributed by atoms with E-state index in [-0.39, 0.29) is 0 Å². The molecular formula is C16H33NO2. The summed E-state index contributed by atoms with van der Waals surface area (Å²) in [6.07, 6.45) is 4.34. The van der Waals surface area contributed by atoms with Crippen molar-refractivity contribution in [2.45, 2.75) is 71.9 Å². The summed E-state index contributed by atoms with van der Waals surface area (Å²) in [6, 6.07) is 0.507. The third-order valence-corrected chi connectivity index (χ3v) is 4.17. The summed E-state index contributed by atoms with van der Waals surface area (Å²) in [5, 5.41) is 13.9. The van der Waals surface area contributed by atoms with E-state index < -0.39 is 5.60 Å². The second-order valence-electron chi connectivity index (χ2n) is 8.23. The molecule has 0 saturated heterocycles. The number of hydrogen-bond donors (Lipinski definition) is 2. The summed E-state index contributed by atoms with van der Waals surface area (Å²) in [5.41, 5.74) is 0.0946. The first-order valence-corrected chi connectivity index (χ1v) is 7.50. The van der Waals surface area contributed by atoms with Gasteiger partial charge in [0, 0.05) is 32.7 Å². The van der Waals surface area contributed by atoms with Crippen molar-refractivity contribution in [2.75, 3.05) is 20.3 Å². The highest BCUT2D eigenvalue weighted by Gasteiger charge is 2.38. The fourth-order valence-corrected chi connectivity index (χ4v) is 3.76. The number of aliphatic hydroxyl groups is 1. The van der Waals surface area contributed by atoms with Crippen molar-refractivity contribution in [3.05, 3.63) is 0 Å². The van der Waals surface area contributed by atoms with Crippen molar-refractivity contribution in [1.29, 1.82) is 0 Å². The molecule has 1 aliphatic rings. The first kappa shape index (κ1) is 16.9. The second-order valence-corrected chi connectivity index (χ2v) is 8.23. The molecule has 0 radical (unpaired) electrons. The predicted molar refractivity (Wildman–Crippen MR) is 80.3 cm³/mol. The molecule has 1 rings (SSSR count). The van der Waals surface area contributed by atoms with Gasteiger partial charge in [-0.05, 0) is 37.0 Å². The Morgan fingerprint density at radius 3 is 2.21 bits per heavy atom. The van der Waals surface area contributed by atoms with Crippen LogP contribution < -0.4 is 5.32 Å². The molecule has 0 bridgehead atoms. The van der Waals surface area contributed by atoms with Gasteiger partial charge < -0.3 is 15.2 Å². The molecule has 0 aromatic rings. The number of nitrogens with one attached hydrogen (secondary N) is 1. The lowest BCUT2D eigenvalue weighted by molar-refractivity contribution is 0.0132. The van der Waals surface area contributed by atoms with Gasteiger partial charge in [0.1, 0.15) is 0 Å². The molecule has 0 aromatic carbocycles. The quantitative estimate of drug-likeness (QED) is 0.780. The predicted octanol–water partition coefficient (Wildman–Crippen LogP) is 2.97. The number of ether oxygens (including phenoxy) is 1. The molecule has 1 fully saturated rings. The van der Waals surface area contributed by atoms with E-state index in [0.29, 0.717) is 36.4 Å². The Balaban J connectivity index is 2.48. The number of rotatable bonds is 6. The molecule has 0 aliphatic heterocycles. The van der Waals surface area contributed by atoms with Gasteiger partial charge >= 0.3 is 0 Å². The lowest BCUT2D eigenvalue weighted by Crippen LogP contribution is -2.49. The maximum absolute atomic E-state index is 10.3. The van der Waals surface area contributed by atoms with Crippen LogP contribution in [0, 0.1) is 10.8 Å². The van der Waals surface area contributed by atoms with E-state index in [2.05, 4.69) is 33.0 Å². The Hall–Kier alpha value is -0.120. The van der Waals surface area contributed by atoms with Gasteiger partial charge in [0.05, 0.1) is 5.60 Å². The van der Waals surface area contributed by atoms with Gasteiger partial charge in [0.2, 0.25) is 0 Å². The van der Waals surface area contributed by atoms with Crippen LogP contribution in [0.25, 0.3) is 0 Å². The first-order valence-electron chi connectivity index (χ1n) is 7.50. The fourth-order valence-electron chi connectivity index (χ4n) is 3.76. The van der Waals surface area contributed by atoms with E-state index in [4.69, 9.17) is 4.74 Å². The average Bonchev–Trinajstić information content (AvgIpc) is 2.20. The number of methoxy groups -OCH3 is 1. The molecule has 2 N–H and O–H groups in total. The Kier molecular flexibility index (Phi) is 5.44. The van der Waals surface area contributed by atoms with Crippen molar-refractivity contribution in [2.24, 2.45) is 10.8 Å². The van der Waals surface area contributed by atoms with Crippen LogP contribution in [0.5, 0.6) is 0 Å². The van der Waals surface area contributed by atoms with Crippen molar-refractivity contribution in [3.63, 3.8) is 0 Å². The molecule has 19 heavy (non-hydrogen) atoms. The van der Waals surface area contributed by atoms with Crippen LogP contribution in [0.4, 0.5) is 0 Å². The summed E-state index contributed by atoms with van der Waals surface area (Å²) in [7, 11) is 1.68. The molecule has 0 aromatic heterocycles. The van der Waals surface area contributed by atoms with Crippen LogP contribution in [0.2, 0.25) is 0 Å². The van der Waals surface area contributed by atoms with Crippen LogP contribution in [0.1, 0.15) is 60.3 Å². The molecule has 0 heterocycles. The molecule has 3 nitrogen and oxygen atoms in total. The van der Waals surface area contributed by atoms with Crippen LogP contribution >= 0.6 is 0 Å². The minimum Gasteiger partial charge on any atom is -0.389 e. The van der Waals surface area contributed by atoms with E-state index in [9.17, 15) is 5.11 Å². The van der Waals surface area contributed by atoms with Gasteiger partial charge in [0.25, 0.3) is 0 Å². The molecule has 1 atom stereocenters. The zero-order valence-corrected chi connectivity index (χ0v) is 13.7. The topological polar surface area (TPSA) is 41.5 Å². The smallest absolute Gasteiger partial charge is 0.0765 e. The molecule has 1 unspecified atom stereocenters. The standard InChI is InChI=1S/C16H33NO2/c1-14(2)9-13(10-15(3,4)11-14)17-12-16(5,18)7-8-19-6/h13,17-18H,7-12H2,1-6H3. The lowest BCUT2D eigenvalue weighted by Gasteiger charge is -2.45. The summed E-state index contributed by atoms with van der Waals surface area (Å²) in [4.78, 5) is 0. The third kappa shape index (κ3) is 6.24. The molecule has 0 amide bonds. The van der Waals surface area contributed by atoms with Gasteiger partial charge in [-0.1, -0.05) is 27.7 Å². The maximum atomic E-state index is 10.3. The zero-order chi connectivity index (χ0) is 14.7. The van der Waals surface area contributed by atoms with E-state index in [1.54, 1.807) is 7.11 Å². The minimum absolute atomic E-state index is 0.387. The normalized spacial score (nSPS) is 26.1. The molecule has 1 aliphatic carbocycles. The van der Waals surface area contributed by atoms with Gasteiger partial charge in [-0.15, -0.1) is 0 Å². The van der Waals surface area contributed by atoms with Crippen molar-refractivity contribution in [1.82, 2.24) is 5.32 Å². The van der Waals surface area contributed by atoms with Crippen LogP contribution in [-0.2, 0) is 4.74 Å². The summed E-state index contributed by atoms with van der Waals surface area (Å²) in [5.74, 6) is 0. The minimum atomic E-state index is -0.679. The van der Waals surface area contributed by atoms with Crippen molar-refractivity contribution < 1.29 is 9.84 Å². The molecule has 0 spiro atoms. The summed E-state index contributed by atoms with van der Waals surface area (Å²) in [6.45, 7) is 12.6. The maximum Gasteiger partial charge on any atom is 0.0765 e. The van der Waals surface area contributed by atoms with Gasteiger partial charge in [-0.2, -0.15) is 0 Å².